The molecule has 2 unspecified atom stereocenters. The summed E-state index contributed by atoms with van der Waals surface area (Å²) in [6.07, 6.45) is 11.5. The molecule has 0 bridgehead atoms. The van der Waals surface area contributed by atoms with E-state index in [0.29, 0.717) is 12.1 Å². The van der Waals surface area contributed by atoms with Crippen molar-refractivity contribution < 1.29 is 4.74 Å². The summed E-state index contributed by atoms with van der Waals surface area (Å²) >= 11 is 0. The highest BCUT2D eigenvalue weighted by atomic mass is 16.5. The SMILES string of the molecule is CCNC(CC1CCCO1)C1CCC(CC)CC1. The van der Waals surface area contributed by atoms with Crippen LogP contribution >= 0.6 is 0 Å². The molecule has 2 heteroatoms. The highest BCUT2D eigenvalue weighted by Crippen LogP contribution is 2.34. The second kappa shape index (κ2) is 7.49. The number of hydrogen-bond donors (Lipinski definition) is 1. The van der Waals surface area contributed by atoms with Gasteiger partial charge in [0.05, 0.1) is 6.10 Å². The van der Waals surface area contributed by atoms with Gasteiger partial charge < -0.3 is 10.1 Å². The number of nitrogens with one attached hydrogen (secondary N) is 1. The Morgan fingerprint density at radius 1 is 1.11 bits per heavy atom. The largest absolute Gasteiger partial charge is 0.378 e. The summed E-state index contributed by atoms with van der Waals surface area (Å²) < 4.78 is 5.82. The molecular weight excluding hydrogens is 222 g/mol. The second-order valence-electron chi connectivity index (χ2n) is 6.22. The lowest BCUT2D eigenvalue weighted by Crippen LogP contribution is -2.40. The summed E-state index contributed by atoms with van der Waals surface area (Å²) in [6, 6.07) is 0.705. The minimum atomic E-state index is 0.540. The maximum atomic E-state index is 5.82. The van der Waals surface area contributed by atoms with Crippen LogP contribution in [0.4, 0.5) is 0 Å². The Hall–Kier alpha value is -0.0800. The molecule has 2 fully saturated rings. The van der Waals surface area contributed by atoms with Gasteiger partial charge in [0.25, 0.3) is 0 Å². The summed E-state index contributed by atoms with van der Waals surface area (Å²) in [4.78, 5) is 0. The Balaban J connectivity index is 1.80. The first kappa shape index (κ1) is 14.3. The third-order valence-corrected chi connectivity index (χ3v) is 5.04. The molecule has 1 aliphatic heterocycles. The topological polar surface area (TPSA) is 21.3 Å². The van der Waals surface area contributed by atoms with E-state index in [4.69, 9.17) is 4.74 Å². The zero-order valence-corrected chi connectivity index (χ0v) is 12.3. The van der Waals surface area contributed by atoms with E-state index in [1.807, 2.05) is 0 Å². The predicted octanol–water partition coefficient (Wildman–Crippen LogP) is 3.75. The van der Waals surface area contributed by atoms with Crippen molar-refractivity contribution in [2.45, 2.75) is 77.4 Å². The summed E-state index contributed by atoms with van der Waals surface area (Å²) in [5.41, 5.74) is 0. The second-order valence-corrected chi connectivity index (χ2v) is 6.22. The maximum Gasteiger partial charge on any atom is 0.0590 e. The van der Waals surface area contributed by atoms with Crippen LogP contribution in [0.1, 0.15) is 65.2 Å². The van der Waals surface area contributed by atoms with Crippen molar-refractivity contribution in [1.82, 2.24) is 5.32 Å². The smallest absolute Gasteiger partial charge is 0.0590 e. The fraction of sp³-hybridized carbons (Fsp3) is 1.00. The fourth-order valence-corrected chi connectivity index (χ4v) is 3.82. The van der Waals surface area contributed by atoms with Crippen molar-refractivity contribution in [2.24, 2.45) is 11.8 Å². The Morgan fingerprint density at radius 3 is 2.44 bits per heavy atom. The van der Waals surface area contributed by atoms with Crippen molar-refractivity contribution in [3.05, 3.63) is 0 Å². The van der Waals surface area contributed by atoms with Crippen LogP contribution in [-0.2, 0) is 4.74 Å². The van der Waals surface area contributed by atoms with E-state index in [-0.39, 0.29) is 0 Å². The lowest BCUT2D eigenvalue weighted by Gasteiger charge is -2.35. The molecule has 0 aromatic heterocycles. The molecule has 0 radical (unpaired) electrons. The van der Waals surface area contributed by atoms with Gasteiger partial charge in [-0.05, 0) is 50.5 Å². The molecule has 0 amide bonds. The van der Waals surface area contributed by atoms with E-state index >= 15 is 0 Å². The van der Waals surface area contributed by atoms with Gasteiger partial charge in [-0.1, -0.05) is 33.1 Å². The van der Waals surface area contributed by atoms with E-state index in [0.717, 1.165) is 25.0 Å². The molecule has 0 spiro atoms. The number of rotatable bonds is 6. The zero-order chi connectivity index (χ0) is 12.8. The molecule has 1 N–H and O–H groups in total. The van der Waals surface area contributed by atoms with Crippen LogP contribution in [0.3, 0.4) is 0 Å². The van der Waals surface area contributed by atoms with Gasteiger partial charge in [-0.25, -0.2) is 0 Å². The lowest BCUT2D eigenvalue weighted by molar-refractivity contribution is 0.0804. The Bertz CT molecular complexity index is 217. The van der Waals surface area contributed by atoms with Gasteiger partial charge in [-0.2, -0.15) is 0 Å². The van der Waals surface area contributed by atoms with Crippen molar-refractivity contribution in [3.63, 3.8) is 0 Å². The number of ether oxygens (including phenoxy) is 1. The molecule has 2 atom stereocenters. The minimum Gasteiger partial charge on any atom is -0.378 e. The van der Waals surface area contributed by atoms with Crippen LogP contribution < -0.4 is 5.32 Å². The summed E-state index contributed by atoms with van der Waals surface area (Å²) in [6.45, 7) is 6.68. The first-order chi connectivity index (χ1) is 8.83. The molecule has 18 heavy (non-hydrogen) atoms. The molecule has 2 rings (SSSR count). The first-order valence-electron chi connectivity index (χ1n) is 8.18. The van der Waals surface area contributed by atoms with E-state index in [1.165, 1.54) is 51.4 Å². The third kappa shape index (κ3) is 3.96. The normalized spacial score (nSPS) is 34.7. The van der Waals surface area contributed by atoms with Crippen molar-refractivity contribution in [2.75, 3.05) is 13.2 Å². The molecule has 1 aliphatic carbocycles. The summed E-state index contributed by atoms with van der Waals surface area (Å²) in [5, 5.41) is 3.73. The van der Waals surface area contributed by atoms with Crippen molar-refractivity contribution in [1.29, 1.82) is 0 Å². The summed E-state index contributed by atoms with van der Waals surface area (Å²) in [7, 11) is 0. The van der Waals surface area contributed by atoms with Gasteiger partial charge in [0.15, 0.2) is 0 Å². The molecule has 1 heterocycles. The van der Waals surface area contributed by atoms with E-state index in [1.54, 1.807) is 0 Å². The van der Waals surface area contributed by atoms with Crippen LogP contribution in [0, 0.1) is 11.8 Å². The standard InChI is InChI=1S/C16H31NO/c1-3-13-7-9-14(10-8-13)16(17-4-2)12-15-6-5-11-18-15/h13-17H,3-12H2,1-2H3. The molecule has 0 aromatic rings. The Morgan fingerprint density at radius 2 is 1.89 bits per heavy atom. The third-order valence-electron chi connectivity index (χ3n) is 5.04. The van der Waals surface area contributed by atoms with Crippen LogP contribution in [-0.4, -0.2) is 25.3 Å². The molecular formula is C16H31NO. The van der Waals surface area contributed by atoms with E-state index < -0.39 is 0 Å². The lowest BCUT2D eigenvalue weighted by atomic mass is 9.76. The van der Waals surface area contributed by atoms with E-state index in [9.17, 15) is 0 Å². The quantitative estimate of drug-likeness (QED) is 0.778. The zero-order valence-electron chi connectivity index (χ0n) is 12.3. The molecule has 1 saturated heterocycles. The maximum absolute atomic E-state index is 5.82. The first-order valence-corrected chi connectivity index (χ1v) is 8.18. The van der Waals surface area contributed by atoms with Gasteiger partial charge in [-0.3, -0.25) is 0 Å². The molecule has 0 aromatic carbocycles. The van der Waals surface area contributed by atoms with Gasteiger partial charge >= 0.3 is 0 Å². The monoisotopic (exact) mass is 253 g/mol. The average Bonchev–Trinajstić information content (AvgIpc) is 2.91. The van der Waals surface area contributed by atoms with Gasteiger partial charge in [0, 0.05) is 12.6 Å². The van der Waals surface area contributed by atoms with Crippen LogP contribution in [0.25, 0.3) is 0 Å². The highest BCUT2D eigenvalue weighted by Gasteiger charge is 2.29. The minimum absolute atomic E-state index is 0.540. The van der Waals surface area contributed by atoms with Crippen molar-refractivity contribution in [3.8, 4) is 0 Å². The molecule has 1 saturated carbocycles. The summed E-state index contributed by atoms with van der Waals surface area (Å²) in [5.74, 6) is 1.91. The molecule has 2 aliphatic rings. The average molecular weight is 253 g/mol. The van der Waals surface area contributed by atoms with Gasteiger partial charge in [0.2, 0.25) is 0 Å². The molecule has 2 nitrogen and oxygen atoms in total. The Kier molecular flexibility index (Phi) is 5.97. The van der Waals surface area contributed by atoms with Gasteiger partial charge in [-0.15, -0.1) is 0 Å². The fourth-order valence-electron chi connectivity index (χ4n) is 3.82. The Labute approximate surface area is 113 Å². The molecule has 106 valence electrons. The van der Waals surface area contributed by atoms with E-state index in [2.05, 4.69) is 19.2 Å². The van der Waals surface area contributed by atoms with Crippen molar-refractivity contribution >= 4 is 0 Å². The van der Waals surface area contributed by atoms with Crippen LogP contribution in [0.15, 0.2) is 0 Å². The van der Waals surface area contributed by atoms with Crippen LogP contribution in [0.5, 0.6) is 0 Å². The highest BCUT2D eigenvalue weighted by molar-refractivity contribution is 4.84. The predicted molar refractivity (Wildman–Crippen MR) is 76.8 cm³/mol. The van der Waals surface area contributed by atoms with Gasteiger partial charge in [0.1, 0.15) is 0 Å². The van der Waals surface area contributed by atoms with Crippen LogP contribution in [0.2, 0.25) is 0 Å². The number of hydrogen-bond acceptors (Lipinski definition) is 2.